The number of esters is 2. The van der Waals surface area contributed by atoms with Crippen LogP contribution < -0.4 is 0 Å². The largest absolute Gasteiger partial charge is 0.472 e. The van der Waals surface area contributed by atoms with E-state index in [1.54, 1.807) is 12.5 Å². The molecule has 0 aromatic carbocycles. The zero-order valence-corrected chi connectivity index (χ0v) is 15.2. The van der Waals surface area contributed by atoms with Gasteiger partial charge in [0.25, 0.3) is 0 Å². The van der Waals surface area contributed by atoms with Gasteiger partial charge in [0, 0.05) is 16.9 Å². The lowest BCUT2D eigenvalue weighted by Crippen LogP contribution is -2.77. The predicted molar refractivity (Wildman–Crippen MR) is 88.1 cm³/mol. The molecule has 7 heteroatoms. The van der Waals surface area contributed by atoms with Gasteiger partial charge in [0.05, 0.1) is 18.4 Å². The van der Waals surface area contributed by atoms with E-state index >= 15 is 0 Å². The summed E-state index contributed by atoms with van der Waals surface area (Å²) in [4.78, 5) is 25.5. The molecule has 1 N–H and O–H groups in total. The summed E-state index contributed by atoms with van der Waals surface area (Å²) < 4.78 is 22.3. The summed E-state index contributed by atoms with van der Waals surface area (Å²) >= 11 is 0. The van der Waals surface area contributed by atoms with Crippen LogP contribution in [0.1, 0.15) is 44.8 Å². The fraction of sp³-hybridized carbons (Fsp3) is 0.700. The molecule has 1 aromatic heterocycles. The Kier molecular flexibility index (Phi) is 2.73. The molecule has 0 spiro atoms. The maximum atomic E-state index is 12.9. The summed E-state index contributed by atoms with van der Waals surface area (Å²) in [6, 6.07) is 1.81. The Morgan fingerprint density at radius 2 is 2.00 bits per heavy atom. The van der Waals surface area contributed by atoms with Gasteiger partial charge in [0.15, 0.2) is 5.60 Å². The zero-order valence-electron chi connectivity index (χ0n) is 15.2. The maximum Gasteiger partial charge on any atom is 0.341 e. The predicted octanol–water partition coefficient (Wildman–Crippen LogP) is 1.74. The Hall–Kier alpha value is -1.86. The Balaban J connectivity index is 1.48. The van der Waals surface area contributed by atoms with Gasteiger partial charge in [-0.05, 0) is 30.7 Å². The fourth-order valence-electron chi connectivity index (χ4n) is 6.93. The van der Waals surface area contributed by atoms with E-state index in [0.29, 0.717) is 19.3 Å². The van der Waals surface area contributed by atoms with Gasteiger partial charge in [-0.3, -0.25) is 4.79 Å². The molecule has 2 aliphatic carbocycles. The van der Waals surface area contributed by atoms with Crippen LogP contribution in [-0.2, 0) is 23.8 Å². The minimum absolute atomic E-state index is 0.169. The van der Waals surface area contributed by atoms with Crippen LogP contribution in [0.15, 0.2) is 23.0 Å². The third kappa shape index (κ3) is 1.63. The van der Waals surface area contributed by atoms with Gasteiger partial charge in [0.1, 0.15) is 24.4 Å². The van der Waals surface area contributed by atoms with E-state index in [0.717, 1.165) is 5.56 Å². The van der Waals surface area contributed by atoms with Crippen molar-refractivity contribution in [2.75, 3.05) is 0 Å². The third-order valence-corrected chi connectivity index (χ3v) is 8.24. The molecule has 144 valence electrons. The number of carbonyl (C=O) groups excluding carboxylic acids is 2. The Morgan fingerprint density at radius 1 is 1.19 bits per heavy atom. The van der Waals surface area contributed by atoms with Crippen molar-refractivity contribution in [3.63, 3.8) is 0 Å². The van der Waals surface area contributed by atoms with E-state index in [2.05, 4.69) is 6.92 Å². The van der Waals surface area contributed by atoms with E-state index in [1.807, 2.05) is 13.0 Å². The first-order chi connectivity index (χ1) is 12.8. The lowest BCUT2D eigenvalue weighted by molar-refractivity contribution is -0.282. The number of hydrogen-bond acceptors (Lipinski definition) is 7. The van der Waals surface area contributed by atoms with E-state index in [1.165, 1.54) is 0 Å². The minimum Gasteiger partial charge on any atom is -0.472 e. The van der Waals surface area contributed by atoms with Gasteiger partial charge in [-0.15, -0.1) is 0 Å². The van der Waals surface area contributed by atoms with Crippen molar-refractivity contribution >= 4 is 11.9 Å². The zero-order chi connectivity index (χ0) is 18.8. The molecule has 9 atom stereocenters. The lowest BCUT2D eigenvalue weighted by Gasteiger charge is -2.66. The maximum absolute atomic E-state index is 12.9. The quantitative estimate of drug-likeness (QED) is 0.590. The second-order valence-corrected chi connectivity index (χ2v) is 9.34. The van der Waals surface area contributed by atoms with E-state index in [9.17, 15) is 14.7 Å². The Labute approximate surface area is 155 Å². The van der Waals surface area contributed by atoms with Crippen LogP contribution in [0.4, 0.5) is 0 Å². The van der Waals surface area contributed by atoms with Crippen LogP contribution in [0, 0.1) is 22.7 Å². The van der Waals surface area contributed by atoms with Crippen molar-refractivity contribution < 1.29 is 33.3 Å². The van der Waals surface area contributed by atoms with Crippen molar-refractivity contribution in [1.29, 1.82) is 0 Å². The molecule has 1 aromatic rings. The molecule has 5 heterocycles. The van der Waals surface area contributed by atoms with Gasteiger partial charge in [0.2, 0.25) is 0 Å². The number of epoxide rings is 1. The molecular formula is C20H22O7. The van der Waals surface area contributed by atoms with Crippen molar-refractivity contribution in [2.45, 2.75) is 63.1 Å². The molecule has 0 unspecified atom stereocenters. The molecule has 6 aliphatic rings. The summed E-state index contributed by atoms with van der Waals surface area (Å²) in [7, 11) is 0. The van der Waals surface area contributed by atoms with Crippen LogP contribution in [0.5, 0.6) is 0 Å². The van der Waals surface area contributed by atoms with Crippen LogP contribution in [0.3, 0.4) is 0 Å². The number of fused-ring (bicyclic) bond motifs is 2. The minimum atomic E-state index is -1.64. The topological polar surface area (TPSA) is 98.5 Å². The van der Waals surface area contributed by atoms with Crippen LogP contribution in [0.2, 0.25) is 0 Å². The number of cyclic esters (lactones) is 1. The molecule has 7 rings (SSSR count). The normalized spacial score (nSPS) is 55.1. The van der Waals surface area contributed by atoms with Crippen molar-refractivity contribution in [3.8, 4) is 0 Å². The fourth-order valence-corrected chi connectivity index (χ4v) is 6.93. The standard InChI is InChI=1S/C20H22O7/c1-18-7-11(9-4-6-24-8-9)25-16(21)10(18)3-5-19(2)14(18)12-13-15(26-13)20(19,23)17(22)27-12/h4,6,8,10-15,23H,3,5,7H2,1-2H3/t10-,11-,12+,13+,14+,15+,18-,19-,20+/m1/s1. The molecule has 7 nitrogen and oxygen atoms in total. The monoisotopic (exact) mass is 374 g/mol. The molecule has 2 saturated carbocycles. The van der Waals surface area contributed by atoms with Crippen molar-refractivity contribution in [2.24, 2.45) is 22.7 Å². The summed E-state index contributed by atoms with van der Waals surface area (Å²) in [5.41, 5.74) is -1.97. The number of rotatable bonds is 1. The number of ether oxygens (including phenoxy) is 3. The number of hydrogen-bond donors (Lipinski definition) is 1. The first-order valence-electron chi connectivity index (χ1n) is 9.62. The van der Waals surface area contributed by atoms with Crippen LogP contribution in [-0.4, -0.2) is 41.0 Å². The second-order valence-electron chi connectivity index (χ2n) is 9.34. The summed E-state index contributed by atoms with van der Waals surface area (Å²) in [5.74, 6) is -1.24. The molecule has 27 heavy (non-hydrogen) atoms. The average Bonchev–Trinajstić information content (AvgIpc) is 3.24. The Bertz CT molecular complexity index is 849. The lowest BCUT2D eigenvalue weighted by atomic mass is 9.41. The summed E-state index contributed by atoms with van der Waals surface area (Å²) in [6.07, 6.45) is 3.34. The van der Waals surface area contributed by atoms with Gasteiger partial charge < -0.3 is 23.7 Å². The van der Waals surface area contributed by atoms with Crippen LogP contribution in [0.25, 0.3) is 0 Å². The third-order valence-electron chi connectivity index (χ3n) is 8.24. The molecule has 0 radical (unpaired) electrons. The second kappa shape index (κ2) is 4.58. The molecule has 6 fully saturated rings. The number of furan rings is 1. The molecular weight excluding hydrogens is 352 g/mol. The highest BCUT2D eigenvalue weighted by Crippen LogP contribution is 2.72. The highest BCUT2D eigenvalue weighted by molar-refractivity contribution is 5.85. The van der Waals surface area contributed by atoms with E-state index < -0.39 is 40.7 Å². The first kappa shape index (κ1) is 16.1. The van der Waals surface area contributed by atoms with E-state index in [4.69, 9.17) is 18.6 Å². The van der Waals surface area contributed by atoms with E-state index in [-0.39, 0.29) is 23.9 Å². The first-order valence-corrected chi connectivity index (χ1v) is 9.62. The van der Waals surface area contributed by atoms with Gasteiger partial charge >= 0.3 is 11.9 Å². The molecule has 0 amide bonds. The van der Waals surface area contributed by atoms with Gasteiger partial charge in [-0.2, -0.15) is 0 Å². The number of carbonyl (C=O) groups is 2. The molecule has 2 bridgehead atoms. The summed E-state index contributed by atoms with van der Waals surface area (Å²) in [6.45, 7) is 4.06. The summed E-state index contributed by atoms with van der Waals surface area (Å²) in [5, 5.41) is 11.4. The SMILES string of the molecule is C[C@@]12C[C@H](c3ccoc3)OC(=O)[C@H]1CC[C@]1(C)[C@H]2[C@H]2OC(=O)[C@@]1(O)[C@H]1O[C@@H]21. The molecule has 4 saturated heterocycles. The number of aliphatic hydroxyl groups is 1. The average molecular weight is 374 g/mol. The highest BCUT2D eigenvalue weighted by atomic mass is 16.7. The van der Waals surface area contributed by atoms with Crippen molar-refractivity contribution in [3.05, 3.63) is 24.2 Å². The van der Waals surface area contributed by atoms with Gasteiger partial charge in [-0.1, -0.05) is 13.8 Å². The Morgan fingerprint density at radius 3 is 2.74 bits per heavy atom. The van der Waals surface area contributed by atoms with Crippen LogP contribution >= 0.6 is 0 Å². The highest BCUT2D eigenvalue weighted by Gasteiger charge is 2.84. The van der Waals surface area contributed by atoms with Gasteiger partial charge in [-0.25, -0.2) is 4.79 Å². The smallest absolute Gasteiger partial charge is 0.341 e. The molecule has 4 aliphatic heterocycles. The van der Waals surface area contributed by atoms with Crippen molar-refractivity contribution in [1.82, 2.24) is 0 Å².